The summed E-state index contributed by atoms with van der Waals surface area (Å²) in [6, 6.07) is 6.91. The minimum Gasteiger partial charge on any atom is -0.472 e. The van der Waals surface area contributed by atoms with E-state index in [0.717, 1.165) is 26.1 Å². The molecule has 0 spiro atoms. The lowest BCUT2D eigenvalue weighted by molar-refractivity contribution is 0.257. The largest absolute Gasteiger partial charge is 0.472 e. The van der Waals surface area contributed by atoms with E-state index >= 15 is 0 Å². The lowest BCUT2D eigenvalue weighted by atomic mass is 10.2. The molecule has 0 fully saturated rings. The second-order valence-corrected chi connectivity index (χ2v) is 5.95. The Hall–Kier alpha value is -1.10. The number of hydrogen-bond donors (Lipinski definition) is 1. The van der Waals surface area contributed by atoms with Gasteiger partial charge in [0.25, 0.3) is 0 Å². The molecule has 104 valence electrons. The Kier molecular flexibility index (Phi) is 5.63. The molecule has 0 aliphatic rings. The number of thiophene rings is 1. The molecule has 2 rings (SSSR count). The number of nitrogens with zero attached hydrogens (tertiary/aromatic N) is 1. The summed E-state index contributed by atoms with van der Waals surface area (Å²) in [6.45, 7) is 5.22. The van der Waals surface area contributed by atoms with Crippen molar-refractivity contribution >= 4 is 11.3 Å². The fourth-order valence-electron chi connectivity index (χ4n) is 1.98. The van der Waals surface area contributed by atoms with Gasteiger partial charge in [0.2, 0.25) is 0 Å². The van der Waals surface area contributed by atoms with E-state index in [-0.39, 0.29) is 0 Å². The predicted octanol–water partition coefficient (Wildman–Crippen LogP) is 2.99. The van der Waals surface area contributed by atoms with Crippen LogP contribution in [0.1, 0.15) is 17.4 Å². The highest BCUT2D eigenvalue weighted by molar-refractivity contribution is 7.09. The van der Waals surface area contributed by atoms with Gasteiger partial charge in [0.15, 0.2) is 0 Å². The van der Waals surface area contributed by atoms with Crippen molar-refractivity contribution in [2.45, 2.75) is 25.9 Å². The Bertz CT molecular complexity index is 439. The summed E-state index contributed by atoms with van der Waals surface area (Å²) < 4.78 is 5.04. The lowest BCUT2D eigenvalue weighted by Gasteiger charge is -2.24. The van der Waals surface area contributed by atoms with E-state index in [2.05, 4.69) is 41.7 Å². The van der Waals surface area contributed by atoms with Crippen LogP contribution in [0, 0.1) is 0 Å². The maximum Gasteiger partial charge on any atom is 0.0947 e. The third kappa shape index (κ3) is 4.82. The van der Waals surface area contributed by atoms with Gasteiger partial charge in [0, 0.05) is 36.1 Å². The second-order valence-electron chi connectivity index (χ2n) is 4.92. The van der Waals surface area contributed by atoms with Crippen molar-refractivity contribution in [3.8, 4) is 0 Å². The van der Waals surface area contributed by atoms with Crippen LogP contribution in [0.5, 0.6) is 0 Å². The fourth-order valence-corrected chi connectivity index (χ4v) is 2.80. The van der Waals surface area contributed by atoms with E-state index in [9.17, 15) is 0 Å². The van der Waals surface area contributed by atoms with E-state index in [0.29, 0.717) is 6.04 Å². The standard InChI is InChI=1S/C15H22N2OS/c1-13(10-15-4-3-9-19-15)17(2)7-6-16-11-14-5-8-18-12-14/h3-5,8-9,12-13,16H,6-7,10-11H2,1-2H3. The van der Waals surface area contributed by atoms with Crippen LogP contribution in [0.3, 0.4) is 0 Å². The van der Waals surface area contributed by atoms with Crippen molar-refractivity contribution in [1.82, 2.24) is 10.2 Å². The summed E-state index contributed by atoms with van der Waals surface area (Å²) in [4.78, 5) is 3.87. The smallest absolute Gasteiger partial charge is 0.0947 e. The molecule has 0 radical (unpaired) electrons. The lowest BCUT2D eigenvalue weighted by Crippen LogP contribution is -2.36. The van der Waals surface area contributed by atoms with Gasteiger partial charge in [-0.25, -0.2) is 0 Å². The average molecular weight is 278 g/mol. The van der Waals surface area contributed by atoms with Crippen LogP contribution in [-0.4, -0.2) is 31.1 Å². The summed E-state index contributed by atoms with van der Waals surface area (Å²) in [5, 5.41) is 5.58. The predicted molar refractivity (Wildman–Crippen MR) is 80.5 cm³/mol. The molecule has 2 aromatic rings. The molecule has 0 amide bonds. The van der Waals surface area contributed by atoms with Crippen LogP contribution >= 0.6 is 11.3 Å². The van der Waals surface area contributed by atoms with Crippen molar-refractivity contribution < 1.29 is 4.42 Å². The van der Waals surface area contributed by atoms with Crippen molar-refractivity contribution in [3.63, 3.8) is 0 Å². The van der Waals surface area contributed by atoms with Gasteiger partial charge in [-0.15, -0.1) is 11.3 Å². The summed E-state index contributed by atoms with van der Waals surface area (Å²) in [5.41, 5.74) is 1.20. The maximum absolute atomic E-state index is 5.04. The Balaban J connectivity index is 1.62. The Morgan fingerprint density at radius 1 is 1.42 bits per heavy atom. The van der Waals surface area contributed by atoms with Gasteiger partial charge in [-0.2, -0.15) is 0 Å². The van der Waals surface area contributed by atoms with Crippen molar-refractivity contribution in [3.05, 3.63) is 46.5 Å². The molecule has 0 saturated carbocycles. The topological polar surface area (TPSA) is 28.4 Å². The highest BCUT2D eigenvalue weighted by atomic mass is 32.1. The van der Waals surface area contributed by atoms with Gasteiger partial charge in [0.05, 0.1) is 12.5 Å². The molecule has 0 aliphatic carbocycles. The van der Waals surface area contributed by atoms with Gasteiger partial charge >= 0.3 is 0 Å². The zero-order valence-corrected chi connectivity index (χ0v) is 12.5. The van der Waals surface area contributed by atoms with Gasteiger partial charge in [-0.3, -0.25) is 0 Å². The zero-order chi connectivity index (χ0) is 13.5. The molecule has 1 unspecified atom stereocenters. The van der Waals surface area contributed by atoms with Crippen molar-refractivity contribution in [2.75, 3.05) is 20.1 Å². The Morgan fingerprint density at radius 3 is 3.00 bits per heavy atom. The van der Waals surface area contributed by atoms with Gasteiger partial charge in [0.1, 0.15) is 0 Å². The molecule has 0 aliphatic heterocycles. The van der Waals surface area contributed by atoms with E-state index in [1.54, 1.807) is 12.5 Å². The van der Waals surface area contributed by atoms with Crippen LogP contribution in [0.2, 0.25) is 0 Å². The Labute approximate surface area is 119 Å². The van der Waals surface area contributed by atoms with Gasteiger partial charge in [-0.05, 0) is 37.9 Å². The van der Waals surface area contributed by atoms with E-state index < -0.39 is 0 Å². The highest BCUT2D eigenvalue weighted by Gasteiger charge is 2.09. The molecule has 19 heavy (non-hydrogen) atoms. The zero-order valence-electron chi connectivity index (χ0n) is 11.6. The molecule has 2 aromatic heterocycles. The number of furan rings is 1. The molecule has 2 heterocycles. The molecule has 1 N–H and O–H groups in total. The minimum atomic E-state index is 0.578. The van der Waals surface area contributed by atoms with Gasteiger partial charge in [-0.1, -0.05) is 6.07 Å². The van der Waals surface area contributed by atoms with E-state index in [4.69, 9.17) is 4.42 Å². The van der Waals surface area contributed by atoms with Crippen molar-refractivity contribution in [2.24, 2.45) is 0 Å². The van der Waals surface area contributed by atoms with Crippen LogP contribution in [-0.2, 0) is 13.0 Å². The minimum absolute atomic E-state index is 0.578. The van der Waals surface area contributed by atoms with Crippen LogP contribution in [0.15, 0.2) is 40.5 Å². The van der Waals surface area contributed by atoms with Crippen LogP contribution < -0.4 is 5.32 Å². The molecule has 3 nitrogen and oxygen atoms in total. The van der Waals surface area contributed by atoms with Crippen molar-refractivity contribution in [1.29, 1.82) is 0 Å². The maximum atomic E-state index is 5.04. The number of nitrogens with one attached hydrogen (secondary N) is 1. The molecule has 0 bridgehead atoms. The highest BCUT2D eigenvalue weighted by Crippen LogP contribution is 2.13. The average Bonchev–Trinajstić information content (AvgIpc) is 3.07. The summed E-state index contributed by atoms with van der Waals surface area (Å²) in [5.74, 6) is 0. The van der Waals surface area contributed by atoms with Crippen LogP contribution in [0.4, 0.5) is 0 Å². The molecule has 4 heteroatoms. The quantitative estimate of drug-likeness (QED) is 0.753. The Morgan fingerprint density at radius 2 is 2.32 bits per heavy atom. The monoisotopic (exact) mass is 278 g/mol. The first-order valence-electron chi connectivity index (χ1n) is 6.70. The molecular formula is C15H22N2OS. The molecule has 0 saturated heterocycles. The third-order valence-electron chi connectivity index (χ3n) is 3.38. The number of hydrogen-bond acceptors (Lipinski definition) is 4. The SMILES string of the molecule is CC(Cc1cccs1)N(C)CCNCc1ccoc1. The first kappa shape index (κ1) is 14.3. The summed E-state index contributed by atoms with van der Waals surface area (Å²) in [6.07, 6.45) is 4.64. The fraction of sp³-hybridized carbons (Fsp3) is 0.467. The third-order valence-corrected chi connectivity index (χ3v) is 4.28. The van der Waals surface area contributed by atoms with Gasteiger partial charge < -0.3 is 14.6 Å². The van der Waals surface area contributed by atoms with E-state index in [1.807, 2.05) is 17.4 Å². The first-order valence-corrected chi connectivity index (χ1v) is 7.58. The molecule has 0 aromatic carbocycles. The normalized spacial score (nSPS) is 13.0. The molecular weight excluding hydrogens is 256 g/mol. The van der Waals surface area contributed by atoms with Crippen LogP contribution in [0.25, 0.3) is 0 Å². The summed E-state index contributed by atoms with van der Waals surface area (Å²) >= 11 is 1.84. The number of likely N-dealkylation sites (N-methyl/N-ethyl adjacent to an activating group) is 1. The first-order chi connectivity index (χ1) is 9.25. The summed E-state index contributed by atoms with van der Waals surface area (Å²) in [7, 11) is 2.19. The number of rotatable bonds is 8. The van der Waals surface area contributed by atoms with E-state index in [1.165, 1.54) is 10.4 Å². The second kappa shape index (κ2) is 7.48. The molecule has 1 atom stereocenters.